The van der Waals surface area contributed by atoms with Crippen molar-refractivity contribution < 1.29 is 4.74 Å². The summed E-state index contributed by atoms with van der Waals surface area (Å²) in [6.45, 7) is 0. The molecule has 0 unspecified atom stereocenters. The third kappa shape index (κ3) is 3.03. The van der Waals surface area contributed by atoms with Crippen LogP contribution in [0.4, 0.5) is 0 Å². The molecule has 2 heterocycles. The molecule has 146 valence electrons. The molecule has 0 bridgehead atoms. The van der Waals surface area contributed by atoms with Crippen LogP contribution in [-0.4, -0.2) is 21.5 Å². The SMILES string of the molecule is COc1nc(Br)cn2c(-c3ccccc3)c(-c3ccc(C4(N)CCC4)cc3)nc12. The van der Waals surface area contributed by atoms with Gasteiger partial charge in [0, 0.05) is 22.9 Å². The van der Waals surface area contributed by atoms with E-state index in [0.717, 1.165) is 35.4 Å². The maximum Gasteiger partial charge on any atom is 0.259 e. The summed E-state index contributed by atoms with van der Waals surface area (Å²) in [6.07, 6.45) is 5.22. The summed E-state index contributed by atoms with van der Waals surface area (Å²) in [6, 6.07) is 18.8. The summed E-state index contributed by atoms with van der Waals surface area (Å²) in [5.41, 5.74) is 12.2. The standard InChI is InChI=1S/C23H21BrN4O/c1-29-22-21-27-19(15-8-10-17(11-9-15)23(25)12-5-13-23)20(16-6-3-2-4-7-16)28(21)14-18(24)26-22/h2-4,6-11,14H,5,12-13,25H2,1H3. The smallest absolute Gasteiger partial charge is 0.259 e. The number of nitrogens with zero attached hydrogens (tertiary/aromatic N) is 3. The molecule has 2 aromatic heterocycles. The highest BCUT2D eigenvalue weighted by Gasteiger charge is 2.34. The number of rotatable bonds is 4. The van der Waals surface area contributed by atoms with Gasteiger partial charge in [-0.05, 0) is 40.8 Å². The van der Waals surface area contributed by atoms with E-state index in [1.54, 1.807) is 7.11 Å². The van der Waals surface area contributed by atoms with Crippen molar-refractivity contribution in [3.63, 3.8) is 0 Å². The monoisotopic (exact) mass is 448 g/mol. The van der Waals surface area contributed by atoms with Crippen molar-refractivity contribution in [1.82, 2.24) is 14.4 Å². The minimum atomic E-state index is -0.169. The first-order valence-electron chi connectivity index (χ1n) is 9.67. The lowest BCUT2D eigenvalue weighted by atomic mass is 9.72. The van der Waals surface area contributed by atoms with Gasteiger partial charge in [0.25, 0.3) is 5.88 Å². The van der Waals surface area contributed by atoms with Crippen molar-refractivity contribution in [3.8, 4) is 28.4 Å². The van der Waals surface area contributed by atoms with Crippen molar-refractivity contribution in [2.24, 2.45) is 5.73 Å². The molecule has 0 radical (unpaired) electrons. The van der Waals surface area contributed by atoms with Crippen LogP contribution in [0.25, 0.3) is 28.2 Å². The Morgan fingerprint density at radius 1 is 1.00 bits per heavy atom. The van der Waals surface area contributed by atoms with Crippen molar-refractivity contribution in [1.29, 1.82) is 0 Å². The summed E-state index contributed by atoms with van der Waals surface area (Å²) in [7, 11) is 1.61. The van der Waals surface area contributed by atoms with Crippen LogP contribution in [0.1, 0.15) is 24.8 Å². The van der Waals surface area contributed by atoms with Crippen LogP contribution in [0.15, 0.2) is 65.4 Å². The van der Waals surface area contributed by atoms with Gasteiger partial charge in [0.15, 0.2) is 0 Å². The second-order valence-electron chi connectivity index (χ2n) is 7.53. The van der Waals surface area contributed by atoms with E-state index >= 15 is 0 Å². The minimum Gasteiger partial charge on any atom is -0.478 e. The van der Waals surface area contributed by atoms with Gasteiger partial charge >= 0.3 is 0 Å². The molecule has 1 aliphatic carbocycles. The number of aromatic nitrogens is 3. The van der Waals surface area contributed by atoms with Gasteiger partial charge in [-0.1, -0.05) is 54.6 Å². The molecule has 1 saturated carbocycles. The first kappa shape index (κ1) is 18.3. The van der Waals surface area contributed by atoms with Crippen LogP contribution in [-0.2, 0) is 5.54 Å². The Balaban J connectivity index is 1.72. The van der Waals surface area contributed by atoms with Crippen molar-refractivity contribution >= 4 is 21.6 Å². The number of halogens is 1. The molecule has 6 heteroatoms. The molecule has 1 aliphatic rings. The number of hydrogen-bond acceptors (Lipinski definition) is 4. The average molecular weight is 449 g/mol. The Morgan fingerprint density at radius 3 is 2.34 bits per heavy atom. The molecule has 2 aromatic carbocycles. The number of methoxy groups -OCH3 is 1. The predicted octanol–water partition coefficient (Wildman–Crippen LogP) is 5.17. The molecule has 0 spiro atoms. The normalized spacial score (nSPS) is 15.3. The van der Waals surface area contributed by atoms with E-state index < -0.39 is 0 Å². The second-order valence-corrected chi connectivity index (χ2v) is 8.34. The number of benzene rings is 2. The molecule has 0 amide bonds. The fraction of sp³-hybridized carbons (Fsp3) is 0.217. The quantitative estimate of drug-likeness (QED) is 0.467. The maximum absolute atomic E-state index is 6.50. The Bertz CT molecular complexity index is 1180. The first-order chi connectivity index (χ1) is 14.1. The first-order valence-corrected chi connectivity index (χ1v) is 10.5. The molecule has 0 atom stereocenters. The van der Waals surface area contributed by atoms with Crippen molar-refractivity contribution in [2.75, 3.05) is 7.11 Å². The van der Waals surface area contributed by atoms with Crippen LogP contribution in [0, 0.1) is 0 Å². The van der Waals surface area contributed by atoms with E-state index in [9.17, 15) is 0 Å². The average Bonchev–Trinajstić information content (AvgIpc) is 3.11. The molecule has 5 nitrogen and oxygen atoms in total. The van der Waals surface area contributed by atoms with Gasteiger partial charge in [0.2, 0.25) is 5.65 Å². The summed E-state index contributed by atoms with van der Waals surface area (Å²) in [5, 5.41) is 0. The molecule has 0 saturated heterocycles. The Labute approximate surface area is 177 Å². The molecule has 1 fully saturated rings. The van der Waals surface area contributed by atoms with E-state index in [-0.39, 0.29) is 5.54 Å². The number of nitrogens with two attached hydrogens (primary N) is 1. The van der Waals surface area contributed by atoms with Gasteiger partial charge in [0.1, 0.15) is 4.60 Å². The molecule has 5 rings (SSSR count). The van der Waals surface area contributed by atoms with E-state index in [4.69, 9.17) is 15.5 Å². The predicted molar refractivity (Wildman–Crippen MR) is 118 cm³/mol. The van der Waals surface area contributed by atoms with Gasteiger partial charge in [-0.25, -0.2) is 9.97 Å². The Kier molecular flexibility index (Phi) is 4.41. The van der Waals surface area contributed by atoms with Gasteiger partial charge in [-0.3, -0.25) is 4.40 Å². The molecule has 0 aliphatic heterocycles. The highest BCUT2D eigenvalue weighted by atomic mass is 79.9. The Hall–Kier alpha value is -2.70. The highest BCUT2D eigenvalue weighted by molar-refractivity contribution is 9.10. The van der Waals surface area contributed by atoms with Gasteiger partial charge in [0.05, 0.1) is 18.5 Å². The zero-order valence-electron chi connectivity index (χ0n) is 16.1. The molecular weight excluding hydrogens is 428 g/mol. The third-order valence-electron chi connectivity index (χ3n) is 5.77. The number of imidazole rings is 1. The van der Waals surface area contributed by atoms with Crippen LogP contribution in [0.3, 0.4) is 0 Å². The third-order valence-corrected chi connectivity index (χ3v) is 6.15. The summed E-state index contributed by atoms with van der Waals surface area (Å²) in [4.78, 5) is 9.34. The topological polar surface area (TPSA) is 65.4 Å². The zero-order valence-corrected chi connectivity index (χ0v) is 17.7. The van der Waals surface area contributed by atoms with Crippen molar-refractivity contribution in [3.05, 3.63) is 71.0 Å². The molecule has 2 N–H and O–H groups in total. The maximum atomic E-state index is 6.50. The summed E-state index contributed by atoms with van der Waals surface area (Å²) >= 11 is 3.49. The van der Waals surface area contributed by atoms with E-state index in [1.807, 2.05) is 28.8 Å². The second kappa shape index (κ2) is 6.97. The number of ether oxygens (including phenoxy) is 1. The molecule has 29 heavy (non-hydrogen) atoms. The minimum absolute atomic E-state index is 0.169. The lowest BCUT2D eigenvalue weighted by molar-refractivity contribution is 0.253. The van der Waals surface area contributed by atoms with Crippen LogP contribution in [0.2, 0.25) is 0 Å². The summed E-state index contributed by atoms with van der Waals surface area (Å²) in [5.74, 6) is 0.481. The Morgan fingerprint density at radius 2 is 1.72 bits per heavy atom. The zero-order chi connectivity index (χ0) is 20.0. The van der Waals surface area contributed by atoms with E-state index in [2.05, 4.69) is 57.3 Å². The molecular formula is C23H21BrN4O. The van der Waals surface area contributed by atoms with Crippen LogP contribution >= 0.6 is 15.9 Å². The fourth-order valence-electron chi connectivity index (χ4n) is 4.01. The summed E-state index contributed by atoms with van der Waals surface area (Å²) < 4.78 is 8.21. The van der Waals surface area contributed by atoms with Crippen LogP contribution < -0.4 is 10.5 Å². The van der Waals surface area contributed by atoms with Crippen molar-refractivity contribution in [2.45, 2.75) is 24.8 Å². The van der Waals surface area contributed by atoms with Gasteiger partial charge in [-0.15, -0.1) is 0 Å². The fourth-order valence-corrected chi connectivity index (χ4v) is 4.37. The molecule has 4 aromatic rings. The number of hydrogen-bond donors (Lipinski definition) is 1. The number of fused-ring (bicyclic) bond motifs is 1. The van der Waals surface area contributed by atoms with E-state index in [0.29, 0.717) is 16.1 Å². The lowest BCUT2D eigenvalue weighted by Crippen LogP contribution is -2.43. The van der Waals surface area contributed by atoms with Crippen LogP contribution in [0.5, 0.6) is 5.88 Å². The lowest BCUT2D eigenvalue weighted by Gasteiger charge is -2.38. The largest absolute Gasteiger partial charge is 0.478 e. The highest BCUT2D eigenvalue weighted by Crippen LogP contribution is 2.40. The van der Waals surface area contributed by atoms with Gasteiger partial charge < -0.3 is 10.5 Å². The van der Waals surface area contributed by atoms with Gasteiger partial charge in [-0.2, -0.15) is 0 Å². The van der Waals surface area contributed by atoms with E-state index in [1.165, 1.54) is 12.0 Å².